The van der Waals surface area contributed by atoms with Crippen LogP contribution in [0.5, 0.6) is 0 Å². The van der Waals surface area contributed by atoms with E-state index in [0.717, 1.165) is 32.7 Å². The highest BCUT2D eigenvalue weighted by Crippen LogP contribution is 2.15. The molecule has 1 aliphatic heterocycles. The number of rotatable bonds is 4. The number of hydrogen-bond donors (Lipinski definition) is 1. The smallest absolute Gasteiger partial charge is 0.147 e. The van der Waals surface area contributed by atoms with E-state index in [0.29, 0.717) is 17.8 Å². The molecule has 1 aliphatic rings. The lowest BCUT2D eigenvalue weighted by atomic mass is 10.2. The summed E-state index contributed by atoms with van der Waals surface area (Å²) < 4.78 is 13.6. The number of anilines is 1. The van der Waals surface area contributed by atoms with Gasteiger partial charge in [-0.15, -0.1) is 0 Å². The molecule has 0 radical (unpaired) electrons. The van der Waals surface area contributed by atoms with E-state index in [4.69, 9.17) is 5.26 Å². The Morgan fingerprint density at radius 3 is 2.68 bits per heavy atom. The third kappa shape index (κ3) is 3.91. The minimum absolute atomic E-state index is 0.349. The summed E-state index contributed by atoms with van der Waals surface area (Å²) >= 11 is 0. The number of benzene rings is 1. The molecule has 4 nitrogen and oxygen atoms in total. The zero-order valence-electron chi connectivity index (χ0n) is 11.2. The molecule has 5 heteroatoms. The minimum atomic E-state index is -0.363. The van der Waals surface area contributed by atoms with Crippen LogP contribution in [0.25, 0.3) is 0 Å². The molecule has 0 saturated carbocycles. The predicted octanol–water partition coefficient (Wildman–Crippen LogP) is 1.36. The first-order chi connectivity index (χ1) is 9.19. The summed E-state index contributed by atoms with van der Waals surface area (Å²) in [5, 5.41) is 11.8. The van der Waals surface area contributed by atoms with Gasteiger partial charge in [-0.2, -0.15) is 5.26 Å². The standard InChI is InChI=1S/C14H19FN4/c1-18-6-8-19(9-7-18)5-4-17-14-3-2-12(11-16)10-13(14)15/h2-3,10,17H,4-9H2,1H3. The molecule has 19 heavy (non-hydrogen) atoms. The SMILES string of the molecule is CN1CCN(CCNc2ccc(C#N)cc2F)CC1. The lowest BCUT2D eigenvalue weighted by Crippen LogP contribution is -2.45. The number of likely N-dealkylation sites (N-methyl/N-ethyl adjacent to an activating group) is 1. The van der Waals surface area contributed by atoms with Gasteiger partial charge in [-0.05, 0) is 25.2 Å². The molecular weight excluding hydrogens is 243 g/mol. The van der Waals surface area contributed by atoms with Crippen LogP contribution in [0, 0.1) is 17.1 Å². The highest BCUT2D eigenvalue weighted by Gasteiger charge is 2.13. The van der Waals surface area contributed by atoms with E-state index in [-0.39, 0.29) is 5.82 Å². The van der Waals surface area contributed by atoms with Gasteiger partial charge in [-0.1, -0.05) is 0 Å². The lowest BCUT2D eigenvalue weighted by Gasteiger charge is -2.32. The molecule has 2 rings (SSSR count). The van der Waals surface area contributed by atoms with E-state index in [2.05, 4.69) is 22.2 Å². The first-order valence-corrected chi connectivity index (χ1v) is 6.53. The van der Waals surface area contributed by atoms with Crippen LogP contribution in [0.1, 0.15) is 5.56 Å². The Morgan fingerprint density at radius 2 is 2.05 bits per heavy atom. The van der Waals surface area contributed by atoms with Gasteiger partial charge in [-0.25, -0.2) is 4.39 Å². The first kappa shape index (κ1) is 13.8. The van der Waals surface area contributed by atoms with Gasteiger partial charge in [0.15, 0.2) is 0 Å². The maximum Gasteiger partial charge on any atom is 0.147 e. The first-order valence-electron chi connectivity index (χ1n) is 6.53. The Morgan fingerprint density at radius 1 is 1.32 bits per heavy atom. The molecular formula is C14H19FN4. The lowest BCUT2D eigenvalue weighted by molar-refractivity contribution is 0.158. The number of nitrogens with one attached hydrogen (secondary N) is 1. The van der Waals surface area contributed by atoms with Gasteiger partial charge in [0.1, 0.15) is 5.82 Å². The molecule has 0 bridgehead atoms. The molecule has 1 saturated heterocycles. The molecule has 102 valence electrons. The molecule has 1 fully saturated rings. The zero-order valence-corrected chi connectivity index (χ0v) is 11.2. The fourth-order valence-electron chi connectivity index (χ4n) is 2.15. The van der Waals surface area contributed by atoms with Crippen molar-refractivity contribution in [2.45, 2.75) is 0 Å². The highest BCUT2D eigenvalue weighted by molar-refractivity contribution is 5.48. The fraction of sp³-hybridized carbons (Fsp3) is 0.500. The van der Waals surface area contributed by atoms with Gasteiger partial charge < -0.3 is 10.2 Å². The van der Waals surface area contributed by atoms with Crippen LogP contribution >= 0.6 is 0 Å². The van der Waals surface area contributed by atoms with Crippen LogP contribution in [-0.4, -0.2) is 56.1 Å². The van der Waals surface area contributed by atoms with Crippen LogP contribution in [0.15, 0.2) is 18.2 Å². The van der Waals surface area contributed by atoms with Crippen LogP contribution in [-0.2, 0) is 0 Å². The van der Waals surface area contributed by atoms with Gasteiger partial charge in [-0.3, -0.25) is 4.90 Å². The molecule has 1 aromatic carbocycles. The number of nitrogens with zero attached hydrogens (tertiary/aromatic N) is 3. The maximum absolute atomic E-state index is 13.6. The molecule has 0 aromatic heterocycles. The predicted molar refractivity (Wildman–Crippen MR) is 73.5 cm³/mol. The summed E-state index contributed by atoms with van der Waals surface area (Å²) in [6.45, 7) is 5.93. The second-order valence-electron chi connectivity index (χ2n) is 4.88. The summed E-state index contributed by atoms with van der Waals surface area (Å²) in [6, 6.07) is 6.44. The average molecular weight is 262 g/mol. The molecule has 0 amide bonds. The number of halogens is 1. The minimum Gasteiger partial charge on any atom is -0.381 e. The normalized spacial score (nSPS) is 17.1. The summed E-state index contributed by atoms with van der Waals surface area (Å²) in [5.74, 6) is -0.363. The van der Waals surface area contributed by atoms with Crippen molar-refractivity contribution in [1.29, 1.82) is 5.26 Å². The van der Waals surface area contributed by atoms with Crippen molar-refractivity contribution in [3.8, 4) is 6.07 Å². The molecule has 1 aromatic rings. The Kier molecular flexibility index (Phi) is 4.72. The fourth-order valence-corrected chi connectivity index (χ4v) is 2.15. The largest absolute Gasteiger partial charge is 0.381 e. The van der Waals surface area contributed by atoms with Crippen molar-refractivity contribution in [3.63, 3.8) is 0 Å². The van der Waals surface area contributed by atoms with Gasteiger partial charge in [0.25, 0.3) is 0 Å². The monoisotopic (exact) mass is 262 g/mol. The van der Waals surface area contributed by atoms with E-state index in [1.165, 1.54) is 6.07 Å². The summed E-state index contributed by atoms with van der Waals surface area (Å²) in [5.41, 5.74) is 0.815. The third-order valence-corrected chi connectivity index (χ3v) is 3.44. The van der Waals surface area contributed by atoms with Gasteiger partial charge in [0.05, 0.1) is 17.3 Å². The Bertz CT molecular complexity index is 461. The molecule has 0 atom stereocenters. The Labute approximate surface area is 113 Å². The zero-order chi connectivity index (χ0) is 13.7. The molecule has 1 N–H and O–H groups in total. The van der Waals surface area contributed by atoms with E-state index in [9.17, 15) is 4.39 Å². The van der Waals surface area contributed by atoms with Crippen LogP contribution in [0.2, 0.25) is 0 Å². The van der Waals surface area contributed by atoms with Gasteiger partial charge in [0.2, 0.25) is 0 Å². The topological polar surface area (TPSA) is 42.3 Å². The second kappa shape index (κ2) is 6.50. The average Bonchev–Trinajstić information content (AvgIpc) is 2.42. The number of hydrogen-bond acceptors (Lipinski definition) is 4. The van der Waals surface area contributed by atoms with Crippen molar-refractivity contribution < 1.29 is 4.39 Å². The molecule has 1 heterocycles. The van der Waals surface area contributed by atoms with Crippen molar-refractivity contribution in [2.75, 3.05) is 51.6 Å². The third-order valence-electron chi connectivity index (χ3n) is 3.44. The maximum atomic E-state index is 13.6. The number of piperazine rings is 1. The molecule has 0 spiro atoms. The Hall–Kier alpha value is -1.64. The molecule has 0 aliphatic carbocycles. The van der Waals surface area contributed by atoms with E-state index in [1.807, 2.05) is 6.07 Å². The number of nitriles is 1. The molecule has 0 unspecified atom stereocenters. The summed E-state index contributed by atoms with van der Waals surface area (Å²) in [6.07, 6.45) is 0. The van der Waals surface area contributed by atoms with Crippen molar-refractivity contribution in [3.05, 3.63) is 29.6 Å². The highest BCUT2D eigenvalue weighted by atomic mass is 19.1. The Balaban J connectivity index is 1.78. The van der Waals surface area contributed by atoms with Crippen LogP contribution in [0.4, 0.5) is 10.1 Å². The van der Waals surface area contributed by atoms with Crippen molar-refractivity contribution in [2.24, 2.45) is 0 Å². The van der Waals surface area contributed by atoms with E-state index in [1.54, 1.807) is 12.1 Å². The van der Waals surface area contributed by atoms with Crippen LogP contribution < -0.4 is 5.32 Å². The van der Waals surface area contributed by atoms with Crippen molar-refractivity contribution >= 4 is 5.69 Å². The van der Waals surface area contributed by atoms with Gasteiger partial charge in [0, 0.05) is 39.3 Å². The second-order valence-corrected chi connectivity index (χ2v) is 4.88. The summed E-state index contributed by atoms with van der Waals surface area (Å²) in [7, 11) is 2.13. The quantitative estimate of drug-likeness (QED) is 0.889. The van der Waals surface area contributed by atoms with Crippen LogP contribution in [0.3, 0.4) is 0 Å². The van der Waals surface area contributed by atoms with Crippen molar-refractivity contribution in [1.82, 2.24) is 9.80 Å². The van der Waals surface area contributed by atoms with E-state index >= 15 is 0 Å². The van der Waals surface area contributed by atoms with E-state index < -0.39 is 0 Å². The van der Waals surface area contributed by atoms with Gasteiger partial charge >= 0.3 is 0 Å². The summed E-state index contributed by atoms with van der Waals surface area (Å²) in [4.78, 5) is 4.68.